The molecule has 112 valence electrons. The highest BCUT2D eigenvalue weighted by atomic mass is 32.2. The van der Waals surface area contributed by atoms with Crippen LogP contribution in [0.25, 0.3) is 0 Å². The summed E-state index contributed by atoms with van der Waals surface area (Å²) in [5, 5.41) is 3.32. The van der Waals surface area contributed by atoms with Gasteiger partial charge < -0.3 is 5.32 Å². The number of aryl methyl sites for hydroxylation is 3. The maximum absolute atomic E-state index is 13.0. The molecular formula is C15H24N2O2S. The molecule has 1 aromatic rings. The highest BCUT2D eigenvalue weighted by Gasteiger charge is 2.35. The second-order valence-corrected chi connectivity index (χ2v) is 7.65. The summed E-state index contributed by atoms with van der Waals surface area (Å²) in [5.74, 6) is 0. The molecule has 0 spiro atoms. The first kappa shape index (κ1) is 15.5. The first-order valence-corrected chi connectivity index (χ1v) is 8.52. The van der Waals surface area contributed by atoms with Crippen LogP contribution in [0.4, 0.5) is 0 Å². The fraction of sp³-hybridized carbons (Fsp3) is 0.600. The van der Waals surface area contributed by atoms with Crippen LogP contribution in [0.1, 0.15) is 30.5 Å². The van der Waals surface area contributed by atoms with E-state index < -0.39 is 10.0 Å². The summed E-state index contributed by atoms with van der Waals surface area (Å²) < 4.78 is 27.6. The van der Waals surface area contributed by atoms with Gasteiger partial charge in [0.2, 0.25) is 10.0 Å². The fourth-order valence-corrected chi connectivity index (χ4v) is 5.17. The van der Waals surface area contributed by atoms with Gasteiger partial charge in [-0.25, -0.2) is 8.42 Å². The van der Waals surface area contributed by atoms with Crippen molar-refractivity contribution in [1.29, 1.82) is 0 Å². The molecule has 0 radical (unpaired) electrons. The Hall–Kier alpha value is -0.910. The Labute approximate surface area is 122 Å². The van der Waals surface area contributed by atoms with Crippen LogP contribution in [-0.2, 0) is 10.0 Å². The molecule has 1 N–H and O–H groups in total. The quantitative estimate of drug-likeness (QED) is 0.908. The second kappa shape index (κ2) is 5.47. The van der Waals surface area contributed by atoms with Crippen LogP contribution >= 0.6 is 0 Å². The number of nitrogens with zero attached hydrogens (tertiary/aromatic N) is 1. The second-order valence-electron chi connectivity index (χ2n) is 5.83. The van der Waals surface area contributed by atoms with Gasteiger partial charge in [0.25, 0.3) is 0 Å². The predicted molar refractivity (Wildman–Crippen MR) is 81.5 cm³/mol. The lowest BCUT2D eigenvalue weighted by Crippen LogP contribution is -2.57. The highest BCUT2D eigenvalue weighted by molar-refractivity contribution is 7.89. The van der Waals surface area contributed by atoms with Gasteiger partial charge in [-0.1, -0.05) is 17.7 Å². The normalized spacial score (nSPS) is 24.9. The van der Waals surface area contributed by atoms with Crippen molar-refractivity contribution in [2.24, 2.45) is 0 Å². The van der Waals surface area contributed by atoms with E-state index in [9.17, 15) is 8.42 Å². The van der Waals surface area contributed by atoms with Gasteiger partial charge in [-0.2, -0.15) is 4.31 Å². The summed E-state index contributed by atoms with van der Waals surface area (Å²) in [6.45, 7) is 11.0. The van der Waals surface area contributed by atoms with Crippen LogP contribution in [0, 0.1) is 20.8 Å². The largest absolute Gasteiger partial charge is 0.311 e. The van der Waals surface area contributed by atoms with Crippen molar-refractivity contribution in [2.45, 2.75) is 51.6 Å². The van der Waals surface area contributed by atoms with Crippen molar-refractivity contribution < 1.29 is 8.42 Å². The Morgan fingerprint density at radius 2 is 1.70 bits per heavy atom. The van der Waals surface area contributed by atoms with Crippen molar-refractivity contribution in [2.75, 3.05) is 13.1 Å². The van der Waals surface area contributed by atoms with Gasteiger partial charge in [-0.3, -0.25) is 0 Å². The van der Waals surface area contributed by atoms with E-state index in [0.717, 1.165) is 16.7 Å². The standard InChI is InChI=1S/C15H24N2O2S/c1-10-8-11(2)15(12(3)9-10)20(18,19)17-7-6-16-13(4)14(17)5/h8-9,13-14,16H,6-7H2,1-5H3. The smallest absolute Gasteiger partial charge is 0.243 e. The van der Waals surface area contributed by atoms with E-state index in [1.165, 1.54) is 0 Å². The van der Waals surface area contributed by atoms with Crippen LogP contribution < -0.4 is 5.32 Å². The maximum atomic E-state index is 13.0. The first-order valence-electron chi connectivity index (χ1n) is 7.08. The molecule has 1 heterocycles. The van der Waals surface area contributed by atoms with E-state index in [4.69, 9.17) is 0 Å². The molecule has 1 aliphatic rings. The molecule has 0 bridgehead atoms. The Morgan fingerprint density at radius 3 is 2.25 bits per heavy atom. The number of piperazine rings is 1. The molecule has 0 amide bonds. The Balaban J connectivity index is 2.50. The van der Waals surface area contributed by atoms with Gasteiger partial charge in [-0.05, 0) is 45.7 Å². The summed E-state index contributed by atoms with van der Waals surface area (Å²) in [6, 6.07) is 4.02. The van der Waals surface area contributed by atoms with E-state index >= 15 is 0 Å². The first-order chi connectivity index (χ1) is 9.25. The number of nitrogens with one attached hydrogen (secondary N) is 1. The van der Waals surface area contributed by atoms with Crippen molar-refractivity contribution in [3.05, 3.63) is 28.8 Å². The number of benzene rings is 1. The van der Waals surface area contributed by atoms with Gasteiger partial charge in [0.15, 0.2) is 0 Å². The van der Waals surface area contributed by atoms with Crippen LogP contribution in [0.2, 0.25) is 0 Å². The molecule has 1 aromatic carbocycles. The van der Waals surface area contributed by atoms with Gasteiger partial charge in [0, 0.05) is 25.2 Å². The lowest BCUT2D eigenvalue weighted by molar-refractivity contribution is 0.232. The highest BCUT2D eigenvalue weighted by Crippen LogP contribution is 2.27. The van der Waals surface area contributed by atoms with Crippen LogP contribution in [0.3, 0.4) is 0 Å². The third-order valence-electron chi connectivity index (χ3n) is 4.15. The molecule has 0 saturated carbocycles. The molecule has 5 heteroatoms. The molecule has 20 heavy (non-hydrogen) atoms. The lowest BCUT2D eigenvalue weighted by atomic mass is 10.1. The molecule has 2 unspecified atom stereocenters. The SMILES string of the molecule is Cc1cc(C)c(S(=O)(=O)N2CCNC(C)C2C)c(C)c1. The van der Waals surface area contributed by atoms with Crippen LogP contribution in [-0.4, -0.2) is 37.9 Å². The Kier molecular flexibility index (Phi) is 4.23. The summed E-state index contributed by atoms with van der Waals surface area (Å²) in [5.41, 5.74) is 2.77. The molecule has 0 aromatic heterocycles. The van der Waals surface area contributed by atoms with Crippen molar-refractivity contribution in [3.8, 4) is 0 Å². The predicted octanol–water partition coefficient (Wildman–Crippen LogP) is 1.98. The average molecular weight is 296 g/mol. The summed E-state index contributed by atoms with van der Waals surface area (Å²) >= 11 is 0. The van der Waals surface area contributed by atoms with Gasteiger partial charge in [0.05, 0.1) is 4.90 Å². The van der Waals surface area contributed by atoms with Crippen molar-refractivity contribution >= 4 is 10.0 Å². The number of sulfonamides is 1. The fourth-order valence-electron chi connectivity index (χ4n) is 3.06. The third kappa shape index (κ3) is 2.62. The maximum Gasteiger partial charge on any atom is 0.243 e. The van der Waals surface area contributed by atoms with Gasteiger partial charge in [0.1, 0.15) is 0 Å². The molecule has 2 atom stereocenters. The zero-order valence-electron chi connectivity index (χ0n) is 12.9. The number of hydrogen-bond acceptors (Lipinski definition) is 3. The zero-order chi connectivity index (χ0) is 15.1. The van der Waals surface area contributed by atoms with E-state index in [1.54, 1.807) is 4.31 Å². The molecule has 0 aliphatic carbocycles. The molecule has 1 aliphatic heterocycles. The summed E-state index contributed by atoms with van der Waals surface area (Å²) in [6.07, 6.45) is 0. The Bertz CT molecular complexity index is 587. The molecule has 1 fully saturated rings. The lowest BCUT2D eigenvalue weighted by Gasteiger charge is -2.38. The van der Waals surface area contributed by atoms with E-state index in [2.05, 4.69) is 5.32 Å². The minimum atomic E-state index is -3.43. The third-order valence-corrected chi connectivity index (χ3v) is 6.44. The Morgan fingerprint density at radius 1 is 1.15 bits per heavy atom. The van der Waals surface area contributed by atoms with Gasteiger partial charge in [-0.15, -0.1) is 0 Å². The van der Waals surface area contributed by atoms with Crippen molar-refractivity contribution in [1.82, 2.24) is 9.62 Å². The van der Waals surface area contributed by atoms with Gasteiger partial charge >= 0.3 is 0 Å². The van der Waals surface area contributed by atoms with E-state index in [1.807, 2.05) is 46.8 Å². The van der Waals surface area contributed by atoms with Crippen LogP contribution in [0.15, 0.2) is 17.0 Å². The van der Waals surface area contributed by atoms with Crippen LogP contribution in [0.5, 0.6) is 0 Å². The van der Waals surface area contributed by atoms with E-state index in [0.29, 0.717) is 18.0 Å². The summed E-state index contributed by atoms with van der Waals surface area (Å²) in [7, 11) is -3.43. The van der Waals surface area contributed by atoms with E-state index in [-0.39, 0.29) is 12.1 Å². The minimum absolute atomic E-state index is 0.0335. The molecule has 2 rings (SSSR count). The summed E-state index contributed by atoms with van der Waals surface area (Å²) in [4.78, 5) is 0.476. The topological polar surface area (TPSA) is 49.4 Å². The molecule has 4 nitrogen and oxygen atoms in total. The number of hydrogen-bond donors (Lipinski definition) is 1. The molecule has 1 saturated heterocycles. The average Bonchev–Trinajstić information content (AvgIpc) is 2.30. The number of rotatable bonds is 2. The monoisotopic (exact) mass is 296 g/mol. The zero-order valence-corrected chi connectivity index (χ0v) is 13.7. The molecular weight excluding hydrogens is 272 g/mol. The van der Waals surface area contributed by atoms with Crippen molar-refractivity contribution in [3.63, 3.8) is 0 Å². The minimum Gasteiger partial charge on any atom is -0.311 e.